The van der Waals surface area contributed by atoms with Crippen molar-refractivity contribution in [3.8, 4) is 0 Å². The minimum absolute atomic E-state index is 0.263. The van der Waals surface area contributed by atoms with Gasteiger partial charge in [0, 0.05) is 0 Å². The first kappa shape index (κ1) is 11.6. The van der Waals surface area contributed by atoms with Crippen LogP contribution in [0.1, 0.15) is 0 Å². The first-order chi connectivity index (χ1) is 5.17. The summed E-state index contributed by atoms with van der Waals surface area (Å²) >= 11 is 0. The quantitative estimate of drug-likeness (QED) is 0.538. The van der Waals surface area contributed by atoms with Crippen LogP contribution in [0.15, 0.2) is 12.7 Å². The number of halogens is 3. The first-order valence-electron chi connectivity index (χ1n) is 2.60. The van der Waals surface area contributed by atoms with Crippen molar-refractivity contribution in [1.82, 2.24) is 0 Å². The average molecular weight is 206 g/mol. The lowest BCUT2D eigenvalue weighted by Gasteiger charge is -2.16. The van der Waals surface area contributed by atoms with Crippen LogP contribution in [0.25, 0.3) is 0 Å². The molecule has 0 saturated carbocycles. The third-order valence-corrected chi connectivity index (χ3v) is 1.29. The molecule has 2 N–H and O–H groups in total. The zero-order chi connectivity index (χ0) is 9.99. The molecule has 1 atom stereocenters. The lowest BCUT2D eigenvalue weighted by atomic mass is 10.3. The van der Waals surface area contributed by atoms with Crippen molar-refractivity contribution in [1.29, 1.82) is 0 Å². The molecule has 0 aromatic carbocycles. The Hall–Kier alpha value is -0.360. The molecule has 0 heterocycles. The Morgan fingerprint density at radius 3 is 2.00 bits per heavy atom. The van der Waals surface area contributed by atoms with Gasteiger partial charge in [0.15, 0.2) is 6.10 Å². The minimum atomic E-state index is -5.13. The summed E-state index contributed by atoms with van der Waals surface area (Å²) in [5, 5.41) is 0. The van der Waals surface area contributed by atoms with Gasteiger partial charge < -0.3 is 9.79 Å². The van der Waals surface area contributed by atoms with Gasteiger partial charge in [0.2, 0.25) is 0 Å². The van der Waals surface area contributed by atoms with E-state index in [4.69, 9.17) is 9.79 Å². The van der Waals surface area contributed by atoms with E-state index in [0.29, 0.717) is 0 Å². The van der Waals surface area contributed by atoms with Crippen LogP contribution in [0.2, 0.25) is 0 Å². The van der Waals surface area contributed by atoms with Crippen molar-refractivity contribution in [2.75, 3.05) is 0 Å². The van der Waals surface area contributed by atoms with Gasteiger partial charge in [-0.3, -0.25) is 4.52 Å². The van der Waals surface area contributed by atoms with Crippen LogP contribution in [0.4, 0.5) is 13.2 Å². The van der Waals surface area contributed by atoms with Crippen molar-refractivity contribution in [2.45, 2.75) is 12.3 Å². The van der Waals surface area contributed by atoms with Crippen molar-refractivity contribution >= 4 is 7.82 Å². The van der Waals surface area contributed by atoms with Crippen LogP contribution in [0, 0.1) is 0 Å². The smallest absolute Gasteiger partial charge is 0.303 e. The molecule has 72 valence electrons. The molecule has 0 aromatic heterocycles. The fourth-order valence-corrected chi connectivity index (χ4v) is 0.886. The summed E-state index contributed by atoms with van der Waals surface area (Å²) in [6.45, 7) is 2.72. The molecule has 0 spiro atoms. The summed E-state index contributed by atoms with van der Waals surface area (Å²) in [5.41, 5.74) is 0. The Labute approximate surface area is 65.9 Å². The Balaban J connectivity index is 4.40. The van der Waals surface area contributed by atoms with Crippen LogP contribution < -0.4 is 0 Å². The molecule has 4 nitrogen and oxygen atoms in total. The second-order valence-corrected chi connectivity index (χ2v) is 2.99. The molecule has 0 aromatic rings. The standard InChI is InChI=1S/C4H6F3O4P/c1-2-3(4(5,6)7)11-12(8,9)10/h2-3H,1H2,(H2,8,9,10). The summed E-state index contributed by atoms with van der Waals surface area (Å²) in [6.07, 6.45) is -7.24. The van der Waals surface area contributed by atoms with Gasteiger partial charge in [-0.25, -0.2) is 4.57 Å². The Bertz CT molecular complexity index is 207. The molecule has 0 rings (SSSR count). The van der Waals surface area contributed by atoms with E-state index in [-0.39, 0.29) is 6.08 Å². The van der Waals surface area contributed by atoms with Gasteiger partial charge in [0.1, 0.15) is 0 Å². The SMILES string of the molecule is C=CC(OP(=O)(O)O)C(F)(F)F. The molecule has 0 saturated heterocycles. The van der Waals surface area contributed by atoms with Crippen molar-refractivity contribution in [3.05, 3.63) is 12.7 Å². The summed E-state index contributed by atoms with van der Waals surface area (Å²) in [6, 6.07) is 0. The highest BCUT2D eigenvalue weighted by atomic mass is 31.2. The Morgan fingerprint density at radius 2 is 1.92 bits per heavy atom. The van der Waals surface area contributed by atoms with Gasteiger partial charge >= 0.3 is 14.0 Å². The fourth-order valence-electron chi connectivity index (χ4n) is 0.384. The highest BCUT2D eigenvalue weighted by Crippen LogP contribution is 2.41. The van der Waals surface area contributed by atoms with E-state index in [1.165, 1.54) is 0 Å². The lowest BCUT2D eigenvalue weighted by molar-refractivity contribution is -0.183. The third-order valence-electron chi connectivity index (χ3n) is 0.788. The molecule has 0 amide bonds. The van der Waals surface area contributed by atoms with Gasteiger partial charge in [0.25, 0.3) is 0 Å². The van der Waals surface area contributed by atoms with Crippen molar-refractivity contribution < 1.29 is 32.0 Å². The molecule has 0 aliphatic carbocycles. The summed E-state index contributed by atoms with van der Waals surface area (Å²) in [5.74, 6) is 0. The van der Waals surface area contributed by atoms with E-state index in [0.717, 1.165) is 0 Å². The van der Waals surface area contributed by atoms with Crippen LogP contribution in [-0.4, -0.2) is 22.1 Å². The van der Waals surface area contributed by atoms with Gasteiger partial charge in [0.05, 0.1) is 0 Å². The van der Waals surface area contributed by atoms with Crippen LogP contribution in [0.3, 0.4) is 0 Å². The molecular weight excluding hydrogens is 200 g/mol. The summed E-state index contributed by atoms with van der Waals surface area (Å²) < 4.78 is 48.5. The molecule has 0 aliphatic heterocycles. The number of hydrogen-bond donors (Lipinski definition) is 2. The predicted molar refractivity (Wildman–Crippen MR) is 33.2 cm³/mol. The first-order valence-corrected chi connectivity index (χ1v) is 4.13. The second kappa shape index (κ2) is 3.57. The molecule has 8 heteroatoms. The van der Waals surface area contributed by atoms with Crippen LogP contribution in [0.5, 0.6) is 0 Å². The molecule has 0 radical (unpaired) electrons. The highest BCUT2D eigenvalue weighted by molar-refractivity contribution is 7.46. The highest BCUT2D eigenvalue weighted by Gasteiger charge is 2.42. The van der Waals surface area contributed by atoms with Gasteiger partial charge in [-0.1, -0.05) is 6.08 Å². The molecule has 12 heavy (non-hydrogen) atoms. The minimum Gasteiger partial charge on any atom is -0.303 e. The maximum absolute atomic E-state index is 11.7. The lowest BCUT2D eigenvalue weighted by Crippen LogP contribution is -2.28. The van der Waals surface area contributed by atoms with Gasteiger partial charge in [-0.2, -0.15) is 13.2 Å². The summed E-state index contributed by atoms with van der Waals surface area (Å²) in [7, 11) is -5.13. The third kappa shape index (κ3) is 4.50. The second-order valence-electron chi connectivity index (χ2n) is 1.79. The van der Waals surface area contributed by atoms with E-state index in [2.05, 4.69) is 11.1 Å². The maximum Gasteiger partial charge on any atom is 0.470 e. The van der Waals surface area contributed by atoms with E-state index in [9.17, 15) is 17.7 Å². The summed E-state index contributed by atoms with van der Waals surface area (Å²) in [4.78, 5) is 16.0. The monoisotopic (exact) mass is 206 g/mol. The zero-order valence-corrected chi connectivity index (χ0v) is 6.55. The van der Waals surface area contributed by atoms with E-state index >= 15 is 0 Å². The molecule has 0 bridgehead atoms. The number of rotatable bonds is 3. The molecule has 1 unspecified atom stereocenters. The van der Waals surface area contributed by atoms with E-state index in [1.54, 1.807) is 0 Å². The number of hydrogen-bond acceptors (Lipinski definition) is 2. The maximum atomic E-state index is 11.7. The van der Waals surface area contributed by atoms with E-state index in [1.807, 2.05) is 0 Å². The number of phosphoric ester groups is 1. The largest absolute Gasteiger partial charge is 0.470 e. The molecule has 0 fully saturated rings. The predicted octanol–water partition coefficient (Wildman–Crippen LogP) is 1.21. The normalized spacial score (nSPS) is 15.8. The van der Waals surface area contributed by atoms with Crippen molar-refractivity contribution in [3.63, 3.8) is 0 Å². The molecular formula is C4H6F3O4P. The zero-order valence-electron chi connectivity index (χ0n) is 5.65. The van der Waals surface area contributed by atoms with Crippen LogP contribution in [-0.2, 0) is 9.09 Å². The fraction of sp³-hybridized carbons (Fsp3) is 0.500. The average Bonchev–Trinajstić information content (AvgIpc) is 1.78. The van der Waals surface area contributed by atoms with Gasteiger partial charge in [-0.05, 0) is 0 Å². The Kier molecular flexibility index (Phi) is 3.46. The van der Waals surface area contributed by atoms with Crippen LogP contribution >= 0.6 is 7.82 Å². The Morgan fingerprint density at radius 1 is 1.50 bits per heavy atom. The van der Waals surface area contributed by atoms with Gasteiger partial charge in [-0.15, -0.1) is 6.58 Å². The number of alkyl halides is 3. The van der Waals surface area contributed by atoms with E-state index < -0.39 is 20.1 Å². The topological polar surface area (TPSA) is 66.8 Å². The molecule has 0 aliphatic rings. The van der Waals surface area contributed by atoms with Crippen molar-refractivity contribution in [2.24, 2.45) is 0 Å². The number of phosphoric acid groups is 1.